The molecular formula is C8H12N2O3S. The van der Waals surface area contributed by atoms with E-state index in [1.807, 2.05) is 0 Å². The molecule has 1 aromatic rings. The van der Waals surface area contributed by atoms with Gasteiger partial charge in [0.2, 0.25) is 10.0 Å². The van der Waals surface area contributed by atoms with E-state index in [0.717, 1.165) is 5.56 Å². The van der Waals surface area contributed by atoms with Gasteiger partial charge in [-0.05, 0) is 18.6 Å². The highest BCUT2D eigenvalue weighted by Gasteiger charge is 2.10. The van der Waals surface area contributed by atoms with E-state index in [9.17, 15) is 8.42 Å². The van der Waals surface area contributed by atoms with E-state index in [4.69, 9.17) is 5.11 Å². The van der Waals surface area contributed by atoms with E-state index in [2.05, 4.69) is 9.71 Å². The second kappa shape index (κ2) is 4.39. The Balaban J connectivity index is 2.84. The molecule has 14 heavy (non-hydrogen) atoms. The molecule has 0 aliphatic rings. The van der Waals surface area contributed by atoms with E-state index >= 15 is 0 Å². The van der Waals surface area contributed by atoms with Crippen LogP contribution in [0.4, 0.5) is 5.82 Å². The summed E-state index contributed by atoms with van der Waals surface area (Å²) in [5.74, 6) is -0.0100. The summed E-state index contributed by atoms with van der Waals surface area (Å²) in [6, 6.07) is 3.48. The van der Waals surface area contributed by atoms with Crippen LogP contribution in [0.25, 0.3) is 0 Å². The van der Waals surface area contributed by atoms with Crippen molar-refractivity contribution >= 4 is 15.8 Å². The highest BCUT2D eigenvalue weighted by atomic mass is 32.2. The third-order valence-electron chi connectivity index (χ3n) is 1.62. The quantitative estimate of drug-likeness (QED) is 0.749. The summed E-state index contributed by atoms with van der Waals surface area (Å²) < 4.78 is 24.8. The summed E-state index contributed by atoms with van der Waals surface area (Å²) in [6.45, 7) is 1.35. The average Bonchev–Trinajstić information content (AvgIpc) is 2.08. The molecule has 0 spiro atoms. The lowest BCUT2D eigenvalue weighted by Crippen LogP contribution is -2.20. The molecule has 1 aromatic heterocycles. The number of nitrogens with one attached hydrogen (secondary N) is 1. The number of aliphatic hydroxyl groups excluding tert-OH is 1. The van der Waals surface area contributed by atoms with Gasteiger partial charge >= 0.3 is 0 Å². The smallest absolute Gasteiger partial charge is 0.236 e. The second-order valence-electron chi connectivity index (χ2n) is 2.81. The van der Waals surface area contributed by atoms with Crippen molar-refractivity contribution in [1.82, 2.24) is 4.98 Å². The third kappa shape index (κ3) is 2.97. The fraction of sp³-hybridized carbons (Fsp3) is 0.375. The number of rotatable bonds is 4. The molecule has 2 N–H and O–H groups in total. The molecule has 1 rings (SSSR count). The molecule has 0 aromatic carbocycles. The molecule has 0 saturated carbocycles. The van der Waals surface area contributed by atoms with Gasteiger partial charge < -0.3 is 5.11 Å². The molecule has 0 bridgehead atoms. The van der Waals surface area contributed by atoms with Gasteiger partial charge in [0.25, 0.3) is 0 Å². The van der Waals surface area contributed by atoms with E-state index < -0.39 is 16.6 Å². The fourth-order valence-electron chi connectivity index (χ4n) is 0.911. The summed E-state index contributed by atoms with van der Waals surface area (Å²) in [5.41, 5.74) is 0.744. The minimum Gasteiger partial charge on any atom is -0.395 e. The van der Waals surface area contributed by atoms with Gasteiger partial charge in [-0.3, -0.25) is 4.72 Å². The van der Waals surface area contributed by atoms with Crippen molar-refractivity contribution in [3.05, 3.63) is 23.9 Å². The summed E-state index contributed by atoms with van der Waals surface area (Å²) >= 11 is 0. The van der Waals surface area contributed by atoms with Gasteiger partial charge in [0.1, 0.15) is 5.82 Å². The van der Waals surface area contributed by atoms with Crippen molar-refractivity contribution in [1.29, 1.82) is 0 Å². The molecule has 78 valence electrons. The summed E-state index contributed by atoms with van der Waals surface area (Å²) in [4.78, 5) is 3.87. The number of nitrogens with zero attached hydrogens (tertiary/aromatic N) is 1. The molecule has 6 heteroatoms. The van der Waals surface area contributed by atoms with Crippen LogP contribution in [0, 0.1) is 6.92 Å². The SMILES string of the molecule is Cc1cccnc1NS(=O)(=O)CCO. The van der Waals surface area contributed by atoms with Gasteiger partial charge in [0.15, 0.2) is 0 Å². The lowest BCUT2D eigenvalue weighted by atomic mass is 10.3. The first-order valence-corrected chi connectivity index (χ1v) is 5.73. The predicted molar refractivity (Wildman–Crippen MR) is 53.5 cm³/mol. The van der Waals surface area contributed by atoms with Gasteiger partial charge in [-0.25, -0.2) is 13.4 Å². The zero-order valence-electron chi connectivity index (χ0n) is 7.77. The molecule has 0 aliphatic carbocycles. The zero-order chi connectivity index (χ0) is 10.6. The molecule has 0 aliphatic heterocycles. The highest BCUT2D eigenvalue weighted by molar-refractivity contribution is 7.92. The highest BCUT2D eigenvalue weighted by Crippen LogP contribution is 2.10. The van der Waals surface area contributed by atoms with Crippen LogP contribution in [0.3, 0.4) is 0 Å². The largest absolute Gasteiger partial charge is 0.395 e. The van der Waals surface area contributed by atoms with E-state index in [0.29, 0.717) is 5.82 Å². The van der Waals surface area contributed by atoms with Crippen molar-refractivity contribution in [3.8, 4) is 0 Å². The second-order valence-corrected chi connectivity index (χ2v) is 4.66. The Morgan fingerprint density at radius 2 is 2.29 bits per heavy atom. The van der Waals surface area contributed by atoms with Gasteiger partial charge in [-0.1, -0.05) is 6.07 Å². The van der Waals surface area contributed by atoms with Gasteiger partial charge in [-0.15, -0.1) is 0 Å². The molecule has 0 saturated heterocycles. The lowest BCUT2D eigenvalue weighted by molar-refractivity contribution is 0.320. The molecule has 5 nitrogen and oxygen atoms in total. The molecule has 0 amide bonds. The normalized spacial score (nSPS) is 11.3. The standard InChI is InChI=1S/C8H12N2O3S/c1-7-3-2-4-9-8(7)10-14(12,13)6-5-11/h2-4,11H,5-6H2,1H3,(H,9,10). The number of aromatic nitrogens is 1. The van der Waals surface area contributed by atoms with Crippen LogP contribution in [0.5, 0.6) is 0 Å². The van der Waals surface area contributed by atoms with E-state index in [1.54, 1.807) is 19.1 Å². The van der Waals surface area contributed by atoms with Crippen LogP contribution in [0.15, 0.2) is 18.3 Å². The van der Waals surface area contributed by atoms with Crippen LogP contribution < -0.4 is 4.72 Å². The number of hydrogen-bond acceptors (Lipinski definition) is 4. The molecule has 0 radical (unpaired) electrons. The van der Waals surface area contributed by atoms with Crippen molar-refractivity contribution in [2.75, 3.05) is 17.1 Å². The van der Waals surface area contributed by atoms with Gasteiger partial charge in [0.05, 0.1) is 12.4 Å². The number of aliphatic hydroxyl groups is 1. The van der Waals surface area contributed by atoms with Crippen molar-refractivity contribution in [2.45, 2.75) is 6.92 Å². The number of sulfonamides is 1. The molecule has 0 unspecified atom stereocenters. The van der Waals surface area contributed by atoms with Crippen LogP contribution in [-0.2, 0) is 10.0 Å². The van der Waals surface area contributed by atoms with Crippen LogP contribution in [0.2, 0.25) is 0 Å². The third-order valence-corrected chi connectivity index (χ3v) is 2.85. The first-order valence-electron chi connectivity index (χ1n) is 4.08. The number of aryl methyl sites for hydroxylation is 1. The van der Waals surface area contributed by atoms with Crippen LogP contribution in [0.1, 0.15) is 5.56 Å². The summed E-state index contributed by atoms with van der Waals surface area (Å²) in [5, 5.41) is 8.51. The number of hydrogen-bond donors (Lipinski definition) is 2. The Labute approximate surface area is 82.9 Å². The predicted octanol–water partition coefficient (Wildman–Crippen LogP) is 0.124. The van der Waals surface area contributed by atoms with Crippen molar-refractivity contribution < 1.29 is 13.5 Å². The van der Waals surface area contributed by atoms with Crippen LogP contribution >= 0.6 is 0 Å². The Morgan fingerprint density at radius 3 is 2.86 bits per heavy atom. The molecule has 0 fully saturated rings. The molecule has 1 heterocycles. The Hall–Kier alpha value is -1.14. The first-order chi connectivity index (χ1) is 6.55. The maximum absolute atomic E-state index is 11.2. The topological polar surface area (TPSA) is 79.3 Å². The zero-order valence-corrected chi connectivity index (χ0v) is 8.58. The summed E-state index contributed by atoms with van der Waals surface area (Å²) in [7, 11) is -3.47. The van der Waals surface area contributed by atoms with Crippen molar-refractivity contribution in [3.63, 3.8) is 0 Å². The first kappa shape index (κ1) is 10.9. The van der Waals surface area contributed by atoms with Gasteiger partial charge in [0, 0.05) is 6.20 Å². The molecular weight excluding hydrogens is 204 g/mol. The average molecular weight is 216 g/mol. The molecule has 0 atom stereocenters. The minimum atomic E-state index is -3.47. The number of anilines is 1. The Morgan fingerprint density at radius 1 is 1.57 bits per heavy atom. The Bertz CT molecular complexity index is 403. The Kier molecular flexibility index (Phi) is 3.43. The van der Waals surface area contributed by atoms with Crippen molar-refractivity contribution in [2.24, 2.45) is 0 Å². The summed E-state index contributed by atoms with van der Waals surface area (Å²) in [6.07, 6.45) is 1.50. The van der Waals surface area contributed by atoms with Gasteiger partial charge in [-0.2, -0.15) is 0 Å². The lowest BCUT2D eigenvalue weighted by Gasteiger charge is -2.07. The minimum absolute atomic E-state index is 0.306. The monoisotopic (exact) mass is 216 g/mol. The maximum Gasteiger partial charge on any atom is 0.236 e. The fourth-order valence-corrected chi connectivity index (χ4v) is 1.76. The number of pyridine rings is 1. The maximum atomic E-state index is 11.2. The van der Waals surface area contributed by atoms with E-state index in [-0.39, 0.29) is 5.75 Å². The van der Waals surface area contributed by atoms with E-state index in [1.165, 1.54) is 6.20 Å². The van der Waals surface area contributed by atoms with Crippen LogP contribution in [-0.4, -0.2) is 30.9 Å².